The topological polar surface area (TPSA) is 269 Å². The first-order valence-electron chi connectivity index (χ1n) is 11.9. The molecule has 3 saturated heterocycles. The van der Waals surface area contributed by atoms with E-state index >= 15 is 0 Å². The number of ether oxygens (including phenoxy) is 5. The summed E-state index contributed by atoms with van der Waals surface area (Å²) < 4.78 is 27.2. The molecule has 16 nitrogen and oxygen atoms in total. The number of rotatable bonds is 11. The lowest BCUT2D eigenvalue weighted by Gasteiger charge is -2.42. The molecule has 3 rings (SSSR count). The lowest BCUT2D eigenvalue weighted by molar-refractivity contribution is -0.258. The molecule has 14 atom stereocenters. The van der Waals surface area contributed by atoms with Crippen molar-refractivity contribution in [2.24, 2.45) is 0 Å². The summed E-state index contributed by atoms with van der Waals surface area (Å²) in [5, 5.41) is 109. The van der Waals surface area contributed by atoms with Crippen LogP contribution < -0.4 is 0 Å². The van der Waals surface area contributed by atoms with Crippen LogP contribution in [0.25, 0.3) is 0 Å². The molecule has 0 aliphatic carbocycles. The van der Waals surface area contributed by atoms with Crippen LogP contribution in [0.15, 0.2) is 0 Å². The minimum atomic E-state index is -1.75. The van der Waals surface area contributed by atoms with E-state index in [0.717, 1.165) is 0 Å². The van der Waals surface area contributed by atoms with Crippen LogP contribution in [0.2, 0.25) is 0 Å². The van der Waals surface area contributed by atoms with Crippen LogP contribution in [0.1, 0.15) is 0 Å². The zero-order valence-corrected chi connectivity index (χ0v) is 19.9. The Kier molecular flexibility index (Phi) is 11.0. The second kappa shape index (κ2) is 13.1. The maximum absolute atomic E-state index is 10.3. The van der Waals surface area contributed by atoms with E-state index in [1.165, 1.54) is 0 Å². The average Bonchev–Trinajstić information content (AvgIpc) is 3.14. The molecule has 3 fully saturated rings. The van der Waals surface area contributed by atoms with Crippen LogP contribution >= 0.6 is 0 Å². The molecule has 3 heterocycles. The maximum atomic E-state index is 10.3. The third-order valence-corrected chi connectivity index (χ3v) is 7.07. The van der Waals surface area contributed by atoms with Gasteiger partial charge in [-0.3, -0.25) is 0 Å². The van der Waals surface area contributed by atoms with E-state index in [4.69, 9.17) is 23.7 Å². The Bertz CT molecular complexity index is 699. The van der Waals surface area contributed by atoms with Gasteiger partial charge < -0.3 is 79.9 Å². The minimum Gasteiger partial charge on any atom is -0.394 e. The van der Waals surface area contributed by atoms with Gasteiger partial charge in [0.15, 0.2) is 0 Å². The van der Waals surface area contributed by atoms with Crippen LogP contribution in [-0.2, 0) is 23.7 Å². The predicted octanol–water partition coefficient (Wildman–Crippen LogP) is -7.44. The Morgan fingerprint density at radius 2 is 0.946 bits per heavy atom. The highest BCUT2D eigenvalue weighted by atomic mass is 16.6. The van der Waals surface area contributed by atoms with Gasteiger partial charge in [0.25, 0.3) is 0 Å². The molecule has 11 N–H and O–H groups in total. The third kappa shape index (κ3) is 6.41. The van der Waals surface area contributed by atoms with Crippen molar-refractivity contribution in [3.8, 4) is 0 Å². The van der Waals surface area contributed by atoms with E-state index in [9.17, 15) is 56.2 Å². The molecular formula is C21H38O16. The fraction of sp³-hybridized carbons (Fsp3) is 1.00. The standard InChI is InChI=1S/C21H38O16/c22-1-8-13(25)18(30)14(26)10(35-8)3-33-4-11-15(27)19(31)16(28)12(36-11)5-34-7-21(6-24)20(32)17(29)9(2-23)37-21/h8-20,22-32H,1-7H2/t8?,9?,10?,11?,12?,13-,14+,15-,16+,17+,18-,19-,20+,21-/m0/s1. The molecule has 0 spiro atoms. The number of hydrogen-bond donors (Lipinski definition) is 11. The van der Waals surface area contributed by atoms with Gasteiger partial charge in [-0.05, 0) is 0 Å². The van der Waals surface area contributed by atoms with E-state index < -0.39 is 118 Å². The second-order valence-electron chi connectivity index (χ2n) is 9.60. The van der Waals surface area contributed by atoms with Crippen molar-refractivity contribution in [1.82, 2.24) is 0 Å². The number of aliphatic hydroxyl groups excluding tert-OH is 11. The highest BCUT2D eigenvalue weighted by Crippen LogP contribution is 2.32. The minimum absolute atomic E-state index is 0.337. The van der Waals surface area contributed by atoms with Crippen molar-refractivity contribution in [1.29, 1.82) is 0 Å². The molecule has 0 saturated carbocycles. The molecule has 0 aromatic carbocycles. The van der Waals surface area contributed by atoms with Crippen LogP contribution in [0, 0.1) is 0 Å². The number of aliphatic hydroxyl groups is 11. The van der Waals surface area contributed by atoms with E-state index in [0.29, 0.717) is 0 Å². The van der Waals surface area contributed by atoms with Crippen molar-refractivity contribution in [3.63, 3.8) is 0 Å². The molecule has 0 amide bonds. The Morgan fingerprint density at radius 1 is 0.514 bits per heavy atom. The molecule has 218 valence electrons. The summed E-state index contributed by atoms with van der Waals surface area (Å²) in [6.07, 6.45) is -18.3. The van der Waals surface area contributed by atoms with E-state index in [1.807, 2.05) is 0 Å². The van der Waals surface area contributed by atoms with E-state index in [2.05, 4.69) is 0 Å². The first kappa shape index (κ1) is 30.9. The number of hydrogen-bond acceptors (Lipinski definition) is 16. The lowest BCUT2D eigenvalue weighted by atomic mass is 9.94. The van der Waals surface area contributed by atoms with Gasteiger partial charge in [-0.2, -0.15) is 0 Å². The largest absolute Gasteiger partial charge is 0.394 e. The van der Waals surface area contributed by atoms with Crippen LogP contribution in [0.5, 0.6) is 0 Å². The van der Waals surface area contributed by atoms with Gasteiger partial charge in [0.1, 0.15) is 85.0 Å². The van der Waals surface area contributed by atoms with Crippen molar-refractivity contribution in [2.45, 2.75) is 85.0 Å². The SMILES string of the molecule is OCC1O[C@@](CO)(COCC2OC(COCC3OC(CO)[C@H](O)[C@H](O)[C@@H]3O)[C@H](O)[C@H](O)[C@@H]2O)[C@H](O)[C@@H]1O. The Morgan fingerprint density at radius 3 is 1.38 bits per heavy atom. The van der Waals surface area contributed by atoms with Crippen molar-refractivity contribution < 1.29 is 79.9 Å². The second-order valence-corrected chi connectivity index (χ2v) is 9.60. The third-order valence-electron chi connectivity index (χ3n) is 7.07. The molecule has 0 aromatic rings. The summed E-state index contributed by atoms with van der Waals surface area (Å²) in [6.45, 7) is -3.55. The lowest BCUT2D eigenvalue weighted by Crippen LogP contribution is -2.61. The van der Waals surface area contributed by atoms with Crippen LogP contribution in [-0.4, -0.2) is 187 Å². The molecule has 3 aliphatic heterocycles. The summed E-state index contributed by atoms with van der Waals surface area (Å²) in [6, 6.07) is 0. The van der Waals surface area contributed by atoms with Gasteiger partial charge in [-0.1, -0.05) is 0 Å². The zero-order chi connectivity index (χ0) is 27.5. The predicted molar refractivity (Wildman–Crippen MR) is 116 cm³/mol. The Balaban J connectivity index is 1.53. The average molecular weight is 547 g/mol. The molecule has 3 aliphatic rings. The summed E-state index contributed by atoms with van der Waals surface area (Å²) >= 11 is 0. The zero-order valence-electron chi connectivity index (χ0n) is 19.9. The van der Waals surface area contributed by atoms with Gasteiger partial charge in [0.05, 0.1) is 46.2 Å². The van der Waals surface area contributed by atoms with Crippen LogP contribution in [0.3, 0.4) is 0 Å². The fourth-order valence-electron chi connectivity index (χ4n) is 4.66. The normalized spacial score (nSPS) is 48.9. The molecule has 0 radical (unpaired) electrons. The summed E-state index contributed by atoms with van der Waals surface area (Å²) in [7, 11) is 0. The molecular weight excluding hydrogens is 508 g/mol. The summed E-state index contributed by atoms with van der Waals surface area (Å²) in [5.74, 6) is 0. The summed E-state index contributed by atoms with van der Waals surface area (Å²) in [4.78, 5) is 0. The Labute approximate surface area is 211 Å². The summed E-state index contributed by atoms with van der Waals surface area (Å²) in [5.41, 5.74) is -1.75. The van der Waals surface area contributed by atoms with Gasteiger partial charge in [-0.15, -0.1) is 0 Å². The fourth-order valence-corrected chi connectivity index (χ4v) is 4.66. The molecule has 0 aromatic heterocycles. The van der Waals surface area contributed by atoms with Crippen LogP contribution in [0.4, 0.5) is 0 Å². The monoisotopic (exact) mass is 546 g/mol. The quantitative estimate of drug-likeness (QED) is 0.115. The van der Waals surface area contributed by atoms with Gasteiger partial charge in [-0.25, -0.2) is 0 Å². The van der Waals surface area contributed by atoms with Gasteiger partial charge in [0, 0.05) is 0 Å². The van der Waals surface area contributed by atoms with Crippen molar-refractivity contribution >= 4 is 0 Å². The van der Waals surface area contributed by atoms with E-state index in [1.54, 1.807) is 0 Å². The van der Waals surface area contributed by atoms with Crippen molar-refractivity contribution in [2.75, 3.05) is 46.2 Å². The maximum Gasteiger partial charge on any atom is 0.143 e. The smallest absolute Gasteiger partial charge is 0.143 e. The molecule has 5 unspecified atom stereocenters. The molecule has 16 heteroatoms. The first-order chi connectivity index (χ1) is 17.5. The van der Waals surface area contributed by atoms with Gasteiger partial charge in [0.2, 0.25) is 0 Å². The van der Waals surface area contributed by atoms with E-state index in [-0.39, 0.29) is 13.2 Å². The Hall–Kier alpha value is -0.640. The highest BCUT2D eigenvalue weighted by molar-refractivity contribution is 5.02. The highest BCUT2D eigenvalue weighted by Gasteiger charge is 2.54. The molecule has 0 bridgehead atoms. The van der Waals surface area contributed by atoms with Crippen molar-refractivity contribution in [3.05, 3.63) is 0 Å². The molecule has 37 heavy (non-hydrogen) atoms. The van der Waals surface area contributed by atoms with Gasteiger partial charge >= 0.3 is 0 Å². The first-order valence-corrected chi connectivity index (χ1v) is 11.9.